The third-order valence-electron chi connectivity index (χ3n) is 5.91. The molecule has 11 nitrogen and oxygen atoms in total. The minimum Gasteiger partial charge on any atom is -0.394 e. The van der Waals surface area contributed by atoms with Crippen molar-refractivity contribution in [3.8, 4) is 0 Å². The van der Waals surface area contributed by atoms with Crippen molar-refractivity contribution < 1.29 is 14.6 Å². The van der Waals surface area contributed by atoms with Gasteiger partial charge in [0.2, 0.25) is 0 Å². The monoisotopic (exact) mass is 456 g/mol. The number of carbonyl (C=O) groups is 1. The van der Waals surface area contributed by atoms with Crippen LogP contribution < -0.4 is 38.1 Å². The lowest BCUT2D eigenvalue weighted by Crippen LogP contribution is -2.52. The molecular weight excluding hydrogens is 424 g/mol. The molecule has 4 atom stereocenters. The third kappa shape index (κ3) is 5.45. The minimum atomic E-state index is -0.369. The van der Waals surface area contributed by atoms with Crippen LogP contribution in [0.15, 0.2) is 52.8 Å². The largest absolute Gasteiger partial charge is 0.394 e. The van der Waals surface area contributed by atoms with Gasteiger partial charge in [0.05, 0.1) is 24.5 Å². The Morgan fingerprint density at radius 1 is 1.27 bits per heavy atom. The highest BCUT2D eigenvalue weighted by atomic mass is 16.5. The number of benzene rings is 1. The van der Waals surface area contributed by atoms with E-state index in [1.54, 1.807) is 4.90 Å². The standard InChI is InChI=1S/C22H32N8O3/c23-16-9-18(33-19(16)12-31)17-8-14-11-30(22(32)29-20(14)28-17)15-4-2-13(3-5-15)10-26-6-1-7-27-21(24)25/h2-5,8,11,16,18-20,26,28,31H,1,6-7,9-10,12,23H2,(H,29,32)(H4,24,25,27)/t16-,18+,19-,20?/m1/s1. The van der Waals surface area contributed by atoms with Crippen LogP contribution in [-0.2, 0) is 11.3 Å². The summed E-state index contributed by atoms with van der Waals surface area (Å²) in [5.74, 6) is 0.111. The van der Waals surface area contributed by atoms with Crippen molar-refractivity contribution in [3.05, 3.63) is 53.4 Å². The lowest BCUT2D eigenvalue weighted by Gasteiger charge is -2.29. The summed E-state index contributed by atoms with van der Waals surface area (Å²) in [6.07, 6.45) is 4.38. The van der Waals surface area contributed by atoms with Crippen molar-refractivity contribution >= 4 is 17.7 Å². The maximum Gasteiger partial charge on any atom is 0.327 e. The van der Waals surface area contributed by atoms with E-state index in [4.69, 9.17) is 21.9 Å². The zero-order valence-corrected chi connectivity index (χ0v) is 18.4. The quantitative estimate of drug-likeness (QED) is 0.143. The van der Waals surface area contributed by atoms with Gasteiger partial charge in [-0.3, -0.25) is 9.89 Å². The first-order chi connectivity index (χ1) is 15.9. The van der Waals surface area contributed by atoms with Gasteiger partial charge in [0.15, 0.2) is 5.96 Å². The lowest BCUT2D eigenvalue weighted by molar-refractivity contribution is 0.0199. The fourth-order valence-corrected chi connectivity index (χ4v) is 4.13. The molecule has 0 spiro atoms. The van der Waals surface area contributed by atoms with Gasteiger partial charge >= 0.3 is 6.03 Å². The summed E-state index contributed by atoms with van der Waals surface area (Å²) in [6, 6.07) is 7.40. The number of carbonyl (C=O) groups excluding carboxylic acids is 1. The SMILES string of the molecule is NC(N)=NCCCNCc1ccc(N2C=C3C=C([C@@H]4C[C@@H](N)[C@@H](CO)O4)NC3NC2=O)cc1. The van der Waals surface area contributed by atoms with E-state index < -0.39 is 0 Å². The number of guanidine groups is 1. The summed E-state index contributed by atoms with van der Waals surface area (Å²) in [7, 11) is 0. The van der Waals surface area contributed by atoms with Crippen molar-refractivity contribution in [2.75, 3.05) is 24.6 Å². The van der Waals surface area contributed by atoms with Crippen LogP contribution in [0, 0.1) is 0 Å². The molecule has 2 amide bonds. The Labute approximate surface area is 192 Å². The molecule has 0 bridgehead atoms. The molecule has 0 radical (unpaired) electrons. The zero-order valence-electron chi connectivity index (χ0n) is 18.4. The molecule has 1 aromatic rings. The first-order valence-electron chi connectivity index (χ1n) is 11.1. The first kappa shape index (κ1) is 23.1. The number of fused-ring (bicyclic) bond motifs is 1. The van der Waals surface area contributed by atoms with Gasteiger partial charge in [-0.05, 0) is 43.2 Å². The number of urea groups is 1. The Morgan fingerprint density at radius 2 is 2.06 bits per heavy atom. The Bertz CT molecular complexity index is 941. The lowest BCUT2D eigenvalue weighted by atomic mass is 10.1. The topological polar surface area (TPSA) is 176 Å². The molecule has 1 aromatic carbocycles. The molecule has 4 rings (SSSR count). The fourth-order valence-electron chi connectivity index (χ4n) is 4.13. The smallest absolute Gasteiger partial charge is 0.327 e. The van der Waals surface area contributed by atoms with Crippen molar-refractivity contribution in [2.24, 2.45) is 22.2 Å². The number of nitrogens with two attached hydrogens (primary N) is 3. The third-order valence-corrected chi connectivity index (χ3v) is 5.91. The second-order valence-corrected chi connectivity index (χ2v) is 8.37. The predicted octanol–water partition coefficient (Wildman–Crippen LogP) is -0.856. The highest BCUT2D eigenvalue weighted by molar-refractivity contribution is 5.96. The van der Waals surface area contributed by atoms with Crippen LogP contribution in [0.2, 0.25) is 0 Å². The Morgan fingerprint density at radius 3 is 2.76 bits per heavy atom. The van der Waals surface area contributed by atoms with Gasteiger partial charge in [0.25, 0.3) is 0 Å². The number of aliphatic hydroxyl groups excluding tert-OH is 1. The summed E-state index contributed by atoms with van der Waals surface area (Å²) in [6.45, 7) is 2.01. The molecule has 0 saturated carbocycles. The fraction of sp³-hybridized carbons (Fsp3) is 0.455. The molecule has 3 aliphatic heterocycles. The number of hydrogen-bond acceptors (Lipinski definition) is 7. The molecule has 3 aliphatic rings. The van der Waals surface area contributed by atoms with Gasteiger partial charge in [0.1, 0.15) is 6.17 Å². The highest BCUT2D eigenvalue weighted by Crippen LogP contribution is 2.30. The number of nitrogens with one attached hydrogen (secondary N) is 3. The number of nitrogens with zero attached hydrogens (tertiary/aromatic N) is 2. The molecular formula is C22H32N8O3. The Hall–Kier alpha value is -3.12. The van der Waals surface area contributed by atoms with Crippen LogP contribution in [0.5, 0.6) is 0 Å². The molecule has 1 saturated heterocycles. The number of aliphatic imine (C=N–C) groups is 1. The number of rotatable bonds is 9. The molecule has 0 aromatic heterocycles. The molecule has 1 unspecified atom stereocenters. The number of amides is 2. The summed E-state index contributed by atoms with van der Waals surface area (Å²) in [4.78, 5) is 18.2. The number of aliphatic hydroxyl groups is 1. The number of ether oxygens (including phenoxy) is 1. The normalized spacial score (nSPS) is 26.2. The summed E-state index contributed by atoms with van der Waals surface area (Å²) in [5.41, 5.74) is 20.3. The maximum atomic E-state index is 12.7. The second-order valence-electron chi connectivity index (χ2n) is 8.37. The van der Waals surface area contributed by atoms with Crippen LogP contribution in [0.1, 0.15) is 18.4 Å². The van der Waals surface area contributed by atoms with E-state index >= 15 is 0 Å². The Balaban J connectivity index is 1.35. The van der Waals surface area contributed by atoms with Crippen molar-refractivity contribution in [2.45, 2.75) is 43.8 Å². The van der Waals surface area contributed by atoms with Gasteiger partial charge in [-0.15, -0.1) is 0 Å². The van der Waals surface area contributed by atoms with E-state index in [2.05, 4.69) is 20.9 Å². The maximum absolute atomic E-state index is 12.7. The van der Waals surface area contributed by atoms with E-state index in [1.165, 1.54) is 0 Å². The van der Waals surface area contributed by atoms with Gasteiger partial charge in [-0.25, -0.2) is 4.79 Å². The predicted molar refractivity (Wildman–Crippen MR) is 126 cm³/mol. The summed E-state index contributed by atoms with van der Waals surface area (Å²) in [5, 5.41) is 19.0. The van der Waals surface area contributed by atoms with Crippen LogP contribution in [-0.4, -0.2) is 61.2 Å². The van der Waals surface area contributed by atoms with E-state index in [0.717, 1.165) is 35.5 Å². The van der Waals surface area contributed by atoms with Crippen LogP contribution in [0.25, 0.3) is 0 Å². The van der Waals surface area contributed by atoms with Gasteiger partial charge in [-0.2, -0.15) is 0 Å². The number of anilines is 1. The van der Waals surface area contributed by atoms with Crippen molar-refractivity contribution in [1.82, 2.24) is 16.0 Å². The molecule has 0 aliphatic carbocycles. The van der Waals surface area contributed by atoms with E-state index in [0.29, 0.717) is 19.5 Å². The van der Waals surface area contributed by atoms with E-state index in [-0.39, 0.29) is 43.0 Å². The van der Waals surface area contributed by atoms with E-state index in [1.807, 2.05) is 36.5 Å². The van der Waals surface area contributed by atoms with Crippen LogP contribution in [0.3, 0.4) is 0 Å². The van der Waals surface area contributed by atoms with Crippen molar-refractivity contribution in [1.29, 1.82) is 0 Å². The zero-order chi connectivity index (χ0) is 23.4. The first-order valence-corrected chi connectivity index (χ1v) is 11.1. The van der Waals surface area contributed by atoms with Crippen molar-refractivity contribution in [3.63, 3.8) is 0 Å². The average molecular weight is 457 g/mol. The Kier molecular flexibility index (Phi) is 7.14. The highest BCUT2D eigenvalue weighted by Gasteiger charge is 2.39. The molecule has 10 N–H and O–H groups in total. The molecule has 3 heterocycles. The van der Waals surface area contributed by atoms with Gasteiger partial charge in [-0.1, -0.05) is 12.1 Å². The van der Waals surface area contributed by atoms with Gasteiger partial charge < -0.3 is 43.0 Å². The van der Waals surface area contributed by atoms with Crippen LogP contribution >= 0.6 is 0 Å². The average Bonchev–Trinajstić information content (AvgIpc) is 3.38. The van der Waals surface area contributed by atoms with Crippen LogP contribution in [0.4, 0.5) is 10.5 Å². The summed E-state index contributed by atoms with van der Waals surface area (Å²) >= 11 is 0. The minimum absolute atomic E-state index is 0.106. The van der Waals surface area contributed by atoms with E-state index in [9.17, 15) is 9.90 Å². The van der Waals surface area contributed by atoms with Gasteiger partial charge in [0, 0.05) is 36.6 Å². The molecule has 178 valence electrons. The molecule has 33 heavy (non-hydrogen) atoms. The molecule has 1 fully saturated rings. The second kappa shape index (κ2) is 10.2. The molecule has 11 heteroatoms. The summed E-state index contributed by atoms with van der Waals surface area (Å²) < 4.78 is 5.85. The number of hydrogen-bond donors (Lipinski definition) is 7.